The first kappa shape index (κ1) is 37.0. The summed E-state index contributed by atoms with van der Waals surface area (Å²) in [4.78, 5) is 0. The van der Waals surface area contributed by atoms with Crippen LogP contribution in [0.1, 0.15) is 0 Å². The van der Waals surface area contributed by atoms with Crippen molar-refractivity contribution in [1.82, 2.24) is 0 Å². The Bertz CT molecular complexity index is 914. The maximum Gasteiger partial charge on any atom is 0.187 e. The summed E-state index contributed by atoms with van der Waals surface area (Å²) in [5.74, 6) is 0. The molecule has 4 fully saturated rings. The molecule has 4 aliphatic rings. The Morgan fingerprint density at radius 3 is 1.20 bits per heavy atom. The molecular weight excluding hydrogens is 624 g/mol. The van der Waals surface area contributed by atoms with E-state index in [1.54, 1.807) is 0 Å². The van der Waals surface area contributed by atoms with Gasteiger partial charge in [-0.2, -0.15) is 0 Å². The molecule has 0 saturated carbocycles. The topological polar surface area (TPSA) is 348 Å². The number of ether oxygens (including phenoxy) is 7. The van der Waals surface area contributed by atoms with Crippen LogP contribution in [-0.4, -0.2) is 221 Å². The van der Waals surface area contributed by atoms with Crippen LogP contribution in [0.2, 0.25) is 0 Å². The Morgan fingerprint density at radius 1 is 0.378 bits per heavy atom. The zero-order valence-electron chi connectivity index (χ0n) is 23.5. The lowest BCUT2D eigenvalue weighted by molar-refractivity contribution is -0.367. The van der Waals surface area contributed by atoms with Crippen molar-refractivity contribution in [2.75, 3.05) is 26.4 Å². The molecule has 20 atom stereocenters. The molecule has 14 N–H and O–H groups in total. The van der Waals surface area contributed by atoms with E-state index in [-0.39, 0.29) is 0 Å². The highest BCUT2D eigenvalue weighted by Gasteiger charge is 2.52. The van der Waals surface area contributed by atoms with Crippen LogP contribution in [0.25, 0.3) is 0 Å². The lowest BCUT2D eigenvalue weighted by atomic mass is 9.96. The Labute approximate surface area is 254 Å². The second-order valence-corrected chi connectivity index (χ2v) is 11.2. The fourth-order valence-corrected chi connectivity index (χ4v) is 5.33. The lowest BCUT2D eigenvalue weighted by Crippen LogP contribution is -2.65. The fraction of sp³-hybridized carbons (Fsp3) is 1.00. The molecule has 4 rings (SSSR count). The Hall–Kier alpha value is -0.840. The number of hydrogen-bond donors (Lipinski definition) is 14. The van der Waals surface area contributed by atoms with E-state index in [0.717, 1.165) is 0 Å². The quantitative estimate of drug-likeness (QED) is 0.103. The predicted octanol–water partition coefficient (Wildman–Crippen LogP) is -9.75. The summed E-state index contributed by atoms with van der Waals surface area (Å²) in [7, 11) is 0. The summed E-state index contributed by atoms with van der Waals surface area (Å²) >= 11 is 0. The minimum atomic E-state index is -2.02. The summed E-state index contributed by atoms with van der Waals surface area (Å²) < 4.78 is 37.2. The maximum absolute atomic E-state index is 10.9. The number of aliphatic hydroxyl groups is 14. The van der Waals surface area contributed by atoms with E-state index in [1.165, 1.54) is 0 Å². The van der Waals surface area contributed by atoms with Crippen molar-refractivity contribution in [2.45, 2.75) is 123 Å². The molecule has 0 radical (unpaired) electrons. The first-order valence-electron chi connectivity index (χ1n) is 14.1. The molecule has 0 aromatic rings. The summed E-state index contributed by atoms with van der Waals surface area (Å²) in [5.41, 5.74) is 0. The van der Waals surface area contributed by atoms with Crippen molar-refractivity contribution in [3.8, 4) is 0 Å². The van der Waals surface area contributed by atoms with E-state index in [2.05, 4.69) is 0 Å². The minimum Gasteiger partial charge on any atom is -0.394 e. The standard InChI is InChI=1S/C24H42O21/c25-1-5-9(27)13(31)16(34)22(42-5)39-3-7-11(29)15(33)18(36)24(44-7)45-20-12(30)8(41-21(38)19(20)37)4-40-23-17(35)14(32)10(28)6(2-26)43-23/h5-38H,1-4H2/t5-,6-,7-,8-,9+,10+,11+,12+,13+,14+,15+,16-,17-,18-,19-,20+,21-,22-,23-,24+/m1/s1. The smallest absolute Gasteiger partial charge is 0.187 e. The van der Waals surface area contributed by atoms with Gasteiger partial charge in [-0.1, -0.05) is 0 Å². The molecule has 0 spiro atoms. The van der Waals surface area contributed by atoms with Gasteiger partial charge in [0.05, 0.1) is 26.4 Å². The van der Waals surface area contributed by atoms with Gasteiger partial charge in [-0.25, -0.2) is 0 Å². The van der Waals surface area contributed by atoms with E-state index in [1.807, 2.05) is 0 Å². The molecule has 0 unspecified atom stereocenters. The molecule has 264 valence electrons. The molecule has 21 heteroatoms. The highest BCUT2D eigenvalue weighted by atomic mass is 16.7. The largest absolute Gasteiger partial charge is 0.394 e. The normalized spacial score (nSPS) is 52.9. The van der Waals surface area contributed by atoms with Crippen LogP contribution in [-0.2, 0) is 33.2 Å². The molecule has 0 amide bonds. The summed E-state index contributed by atoms with van der Waals surface area (Å²) in [6, 6.07) is 0. The zero-order chi connectivity index (χ0) is 33.3. The average Bonchev–Trinajstić information content (AvgIpc) is 3.02. The first-order chi connectivity index (χ1) is 21.2. The Kier molecular flexibility index (Phi) is 12.8. The third-order valence-corrected chi connectivity index (χ3v) is 8.17. The molecule has 0 aliphatic carbocycles. The van der Waals surface area contributed by atoms with E-state index in [4.69, 9.17) is 33.2 Å². The van der Waals surface area contributed by atoms with Crippen LogP contribution >= 0.6 is 0 Å². The number of hydrogen-bond acceptors (Lipinski definition) is 21. The van der Waals surface area contributed by atoms with Gasteiger partial charge in [0, 0.05) is 0 Å². The van der Waals surface area contributed by atoms with E-state index in [9.17, 15) is 71.5 Å². The Balaban J connectivity index is 1.39. The second-order valence-electron chi connectivity index (χ2n) is 11.2. The van der Waals surface area contributed by atoms with Gasteiger partial charge in [-0.3, -0.25) is 0 Å². The van der Waals surface area contributed by atoms with Crippen LogP contribution < -0.4 is 0 Å². The van der Waals surface area contributed by atoms with E-state index in [0.29, 0.717) is 0 Å². The van der Waals surface area contributed by atoms with Gasteiger partial charge >= 0.3 is 0 Å². The lowest BCUT2D eigenvalue weighted by Gasteiger charge is -2.46. The molecule has 4 saturated heterocycles. The van der Waals surface area contributed by atoms with E-state index < -0.39 is 149 Å². The van der Waals surface area contributed by atoms with Gasteiger partial charge in [0.15, 0.2) is 25.2 Å². The average molecular weight is 667 g/mol. The third-order valence-electron chi connectivity index (χ3n) is 8.17. The van der Waals surface area contributed by atoms with E-state index >= 15 is 0 Å². The third kappa shape index (κ3) is 7.75. The van der Waals surface area contributed by atoms with Crippen LogP contribution in [0.15, 0.2) is 0 Å². The van der Waals surface area contributed by atoms with Gasteiger partial charge < -0.3 is 105 Å². The van der Waals surface area contributed by atoms with Gasteiger partial charge in [-0.15, -0.1) is 0 Å². The fourth-order valence-electron chi connectivity index (χ4n) is 5.33. The van der Waals surface area contributed by atoms with Crippen molar-refractivity contribution in [3.05, 3.63) is 0 Å². The number of aliphatic hydroxyl groups excluding tert-OH is 14. The van der Waals surface area contributed by atoms with Gasteiger partial charge in [0.2, 0.25) is 0 Å². The molecule has 0 aromatic heterocycles. The second kappa shape index (κ2) is 15.6. The van der Waals surface area contributed by atoms with Gasteiger partial charge in [0.25, 0.3) is 0 Å². The monoisotopic (exact) mass is 666 g/mol. The summed E-state index contributed by atoms with van der Waals surface area (Å²) in [6.45, 7) is -2.86. The number of rotatable bonds is 10. The Morgan fingerprint density at radius 2 is 0.756 bits per heavy atom. The zero-order valence-corrected chi connectivity index (χ0v) is 23.5. The highest BCUT2D eigenvalue weighted by molar-refractivity contribution is 4.95. The summed E-state index contributed by atoms with van der Waals surface area (Å²) in [5, 5.41) is 142. The van der Waals surface area contributed by atoms with Crippen LogP contribution in [0.5, 0.6) is 0 Å². The van der Waals surface area contributed by atoms with Gasteiger partial charge in [-0.05, 0) is 0 Å². The van der Waals surface area contributed by atoms with Gasteiger partial charge in [0.1, 0.15) is 97.7 Å². The van der Waals surface area contributed by atoms with Crippen LogP contribution in [0, 0.1) is 0 Å². The first-order valence-corrected chi connectivity index (χ1v) is 14.1. The van der Waals surface area contributed by atoms with Crippen molar-refractivity contribution < 1.29 is 105 Å². The molecule has 4 aliphatic heterocycles. The molecule has 0 bridgehead atoms. The minimum absolute atomic E-state index is 0.682. The molecule has 4 heterocycles. The van der Waals surface area contributed by atoms with Crippen molar-refractivity contribution >= 4 is 0 Å². The maximum atomic E-state index is 10.9. The van der Waals surface area contributed by atoms with Crippen molar-refractivity contribution in [1.29, 1.82) is 0 Å². The molecule has 21 nitrogen and oxygen atoms in total. The molecular formula is C24H42O21. The molecule has 45 heavy (non-hydrogen) atoms. The highest BCUT2D eigenvalue weighted by Crippen LogP contribution is 2.31. The van der Waals surface area contributed by atoms with Crippen molar-refractivity contribution in [3.63, 3.8) is 0 Å². The predicted molar refractivity (Wildman–Crippen MR) is 134 cm³/mol. The molecule has 0 aromatic carbocycles. The summed E-state index contributed by atoms with van der Waals surface area (Å²) in [6.07, 6.45) is -34.8. The van der Waals surface area contributed by atoms with Crippen LogP contribution in [0.4, 0.5) is 0 Å². The SMILES string of the molecule is OC[C@H]1O[C@@H](OC[C@H]2O[C@@H](O[C@@H]3[C@@H](O)[C@H](O)O[C@H](CO[C@@H]4O[C@H](CO)[C@H](O)[C@H](O)[C@H]4O)[C@@H]3O)[C@H](O)[C@@H](O)[C@H]2O)[C@H](O)[C@@H](O)[C@H]1O. The van der Waals surface area contributed by atoms with Crippen molar-refractivity contribution in [2.24, 2.45) is 0 Å². The van der Waals surface area contributed by atoms with Crippen LogP contribution in [0.3, 0.4) is 0 Å².